The van der Waals surface area contributed by atoms with E-state index in [0.29, 0.717) is 55.0 Å². The minimum atomic E-state index is -0.592. The maximum Gasteiger partial charge on any atom is 0.357 e. The Morgan fingerprint density at radius 3 is 2.65 bits per heavy atom. The number of ether oxygens (including phenoxy) is 2. The minimum absolute atomic E-state index is 0.00146. The van der Waals surface area contributed by atoms with Crippen LogP contribution in [-0.2, 0) is 14.3 Å². The van der Waals surface area contributed by atoms with Crippen LogP contribution < -0.4 is 10.2 Å². The van der Waals surface area contributed by atoms with E-state index in [4.69, 9.17) is 21.1 Å². The Labute approximate surface area is 183 Å². The van der Waals surface area contributed by atoms with Crippen molar-refractivity contribution in [2.75, 3.05) is 44.4 Å². The van der Waals surface area contributed by atoms with E-state index in [9.17, 15) is 14.0 Å². The van der Waals surface area contributed by atoms with E-state index in [2.05, 4.69) is 5.32 Å². The van der Waals surface area contributed by atoms with Gasteiger partial charge in [-0.25, -0.2) is 9.18 Å². The van der Waals surface area contributed by atoms with Gasteiger partial charge in [0.05, 0.1) is 36.0 Å². The zero-order chi connectivity index (χ0) is 21.8. The second kappa shape index (κ2) is 9.36. The first-order valence-corrected chi connectivity index (χ1v) is 10.3. The first kappa shape index (κ1) is 21.1. The summed E-state index contributed by atoms with van der Waals surface area (Å²) in [5.41, 5.74) is 2.08. The number of amides is 1. The highest BCUT2D eigenvalue weighted by atomic mass is 35.5. The Morgan fingerprint density at radius 1 is 1.19 bits per heavy atom. The summed E-state index contributed by atoms with van der Waals surface area (Å²) in [6.07, 6.45) is 0.538. The monoisotopic (exact) mass is 445 g/mol. The van der Waals surface area contributed by atoms with Crippen molar-refractivity contribution in [2.45, 2.75) is 0 Å². The van der Waals surface area contributed by atoms with Crippen molar-refractivity contribution < 1.29 is 23.5 Å². The van der Waals surface area contributed by atoms with E-state index < -0.39 is 11.8 Å². The van der Waals surface area contributed by atoms with Crippen molar-refractivity contribution >= 4 is 40.6 Å². The van der Waals surface area contributed by atoms with Gasteiger partial charge in [0.2, 0.25) is 6.41 Å². The number of esters is 1. The van der Waals surface area contributed by atoms with Crippen LogP contribution in [0.2, 0.25) is 5.02 Å². The molecule has 31 heavy (non-hydrogen) atoms. The van der Waals surface area contributed by atoms with E-state index in [1.165, 1.54) is 6.07 Å². The molecule has 3 aromatic rings. The van der Waals surface area contributed by atoms with Crippen LogP contribution >= 0.6 is 11.6 Å². The maximum absolute atomic E-state index is 14.5. The first-order valence-electron chi connectivity index (χ1n) is 9.88. The Kier molecular flexibility index (Phi) is 6.39. The number of nitrogens with one attached hydrogen (secondary N) is 1. The molecule has 1 amide bonds. The summed E-state index contributed by atoms with van der Waals surface area (Å²) in [4.78, 5) is 25.7. The van der Waals surface area contributed by atoms with Crippen LogP contribution in [0.25, 0.3) is 16.6 Å². The lowest BCUT2D eigenvalue weighted by Crippen LogP contribution is -2.37. The Hall–Kier alpha value is -3.10. The Morgan fingerprint density at radius 2 is 1.94 bits per heavy atom. The van der Waals surface area contributed by atoms with Crippen LogP contribution in [0, 0.1) is 5.82 Å². The number of morpholine rings is 1. The lowest BCUT2D eigenvalue weighted by Gasteiger charge is -2.29. The first-order chi connectivity index (χ1) is 15.1. The van der Waals surface area contributed by atoms with E-state index in [1.807, 2.05) is 35.2 Å². The van der Waals surface area contributed by atoms with Crippen LogP contribution in [0.1, 0.15) is 10.5 Å². The number of para-hydroxylation sites is 1. The lowest BCUT2D eigenvalue weighted by atomic mass is 10.2. The molecule has 0 atom stereocenters. The van der Waals surface area contributed by atoms with E-state index in [0.717, 1.165) is 0 Å². The number of carbonyl (C=O) groups is 2. The quantitative estimate of drug-likeness (QED) is 0.343. The van der Waals surface area contributed by atoms with Crippen molar-refractivity contribution in [3.8, 4) is 5.69 Å². The van der Waals surface area contributed by atoms with Gasteiger partial charge in [0, 0.05) is 24.2 Å². The molecule has 4 rings (SSSR count). The number of aromatic nitrogens is 1. The second-order valence-corrected chi connectivity index (χ2v) is 7.31. The molecule has 1 saturated heterocycles. The van der Waals surface area contributed by atoms with Gasteiger partial charge in [-0.2, -0.15) is 0 Å². The third kappa shape index (κ3) is 4.08. The number of nitrogens with zero attached hydrogens (tertiary/aromatic N) is 2. The third-order valence-corrected chi connectivity index (χ3v) is 5.47. The van der Waals surface area contributed by atoms with E-state index in [-0.39, 0.29) is 23.9 Å². The fourth-order valence-electron chi connectivity index (χ4n) is 3.75. The molecular weight excluding hydrogens is 425 g/mol. The normalized spacial score (nSPS) is 13.9. The molecule has 0 radical (unpaired) electrons. The van der Waals surface area contributed by atoms with Crippen LogP contribution in [-0.4, -0.2) is 56.4 Å². The molecule has 2 heterocycles. The molecule has 0 saturated carbocycles. The molecule has 162 valence electrons. The van der Waals surface area contributed by atoms with Gasteiger partial charge in [0.1, 0.15) is 12.4 Å². The molecule has 1 N–H and O–H groups in total. The number of hydrogen-bond acceptors (Lipinski definition) is 5. The molecule has 0 bridgehead atoms. The third-order valence-electron chi connectivity index (χ3n) is 5.10. The van der Waals surface area contributed by atoms with Gasteiger partial charge in [0.15, 0.2) is 5.69 Å². The van der Waals surface area contributed by atoms with Crippen molar-refractivity contribution in [1.82, 2.24) is 9.88 Å². The fourth-order valence-corrected chi connectivity index (χ4v) is 4.00. The molecular formula is C22H21ClFN3O4. The predicted molar refractivity (Wildman–Crippen MR) is 116 cm³/mol. The van der Waals surface area contributed by atoms with Gasteiger partial charge in [-0.3, -0.25) is 4.79 Å². The van der Waals surface area contributed by atoms with E-state index in [1.54, 1.807) is 10.6 Å². The molecule has 1 aromatic heterocycles. The largest absolute Gasteiger partial charge is 0.459 e. The molecule has 9 heteroatoms. The Balaban J connectivity index is 1.95. The van der Waals surface area contributed by atoms with Gasteiger partial charge < -0.3 is 24.3 Å². The molecule has 0 unspecified atom stereocenters. The zero-order valence-corrected chi connectivity index (χ0v) is 17.4. The molecule has 1 fully saturated rings. The fraction of sp³-hybridized carbons (Fsp3) is 0.273. The SMILES string of the molecule is O=CNCCOC(=O)c1c(N2CCOCC2)c2c(Cl)c(F)ccc2n1-c1ccccc1. The standard InChI is InChI=1S/C22H21ClFN3O4/c23-19-16(24)6-7-17-18(19)20(26-9-12-30-13-10-26)21(22(29)31-11-8-25-14-28)27(17)15-4-2-1-3-5-15/h1-7,14H,8-13H2,(H,25,28). The van der Waals surface area contributed by atoms with Crippen molar-refractivity contribution in [3.63, 3.8) is 0 Å². The molecule has 0 spiro atoms. The summed E-state index contributed by atoms with van der Waals surface area (Å²) in [7, 11) is 0. The summed E-state index contributed by atoms with van der Waals surface area (Å²) in [6, 6.07) is 12.2. The van der Waals surface area contributed by atoms with Crippen LogP contribution in [0.3, 0.4) is 0 Å². The second-order valence-electron chi connectivity index (χ2n) is 6.93. The summed E-state index contributed by atoms with van der Waals surface area (Å²) in [5, 5.41) is 2.86. The molecule has 0 aliphatic carbocycles. The average molecular weight is 446 g/mol. The topological polar surface area (TPSA) is 72.8 Å². The smallest absolute Gasteiger partial charge is 0.357 e. The summed E-state index contributed by atoms with van der Waals surface area (Å²) >= 11 is 6.43. The van der Waals surface area contributed by atoms with Gasteiger partial charge >= 0.3 is 5.97 Å². The van der Waals surface area contributed by atoms with E-state index >= 15 is 0 Å². The number of carbonyl (C=O) groups excluding carboxylic acids is 2. The number of benzene rings is 2. The number of halogens is 2. The summed E-state index contributed by atoms with van der Waals surface area (Å²) in [5.74, 6) is -1.16. The molecule has 2 aromatic carbocycles. The number of hydrogen-bond donors (Lipinski definition) is 1. The van der Waals surface area contributed by atoms with Gasteiger partial charge in [-0.1, -0.05) is 29.8 Å². The molecule has 1 aliphatic rings. The maximum atomic E-state index is 14.5. The highest BCUT2D eigenvalue weighted by molar-refractivity contribution is 6.37. The predicted octanol–water partition coefficient (Wildman–Crippen LogP) is 3.16. The zero-order valence-electron chi connectivity index (χ0n) is 16.6. The number of rotatable bonds is 7. The van der Waals surface area contributed by atoms with Gasteiger partial charge in [-0.15, -0.1) is 0 Å². The summed E-state index contributed by atoms with van der Waals surface area (Å²) in [6.45, 7) is 2.18. The highest BCUT2D eigenvalue weighted by Crippen LogP contribution is 2.42. The Bertz CT molecular complexity index is 1100. The van der Waals surface area contributed by atoms with Gasteiger partial charge in [0.25, 0.3) is 0 Å². The lowest BCUT2D eigenvalue weighted by molar-refractivity contribution is -0.109. The minimum Gasteiger partial charge on any atom is -0.459 e. The van der Waals surface area contributed by atoms with Crippen LogP contribution in [0.15, 0.2) is 42.5 Å². The molecule has 7 nitrogen and oxygen atoms in total. The summed E-state index contributed by atoms with van der Waals surface area (Å²) < 4.78 is 27.1. The van der Waals surface area contributed by atoms with Crippen LogP contribution in [0.4, 0.5) is 10.1 Å². The van der Waals surface area contributed by atoms with Crippen molar-refractivity contribution in [2.24, 2.45) is 0 Å². The highest BCUT2D eigenvalue weighted by Gasteiger charge is 2.31. The number of anilines is 1. The number of fused-ring (bicyclic) bond motifs is 1. The van der Waals surface area contributed by atoms with Crippen LogP contribution in [0.5, 0.6) is 0 Å². The van der Waals surface area contributed by atoms with Gasteiger partial charge in [-0.05, 0) is 24.3 Å². The molecule has 1 aliphatic heterocycles. The average Bonchev–Trinajstić information content (AvgIpc) is 3.16. The van der Waals surface area contributed by atoms with Crippen molar-refractivity contribution in [1.29, 1.82) is 0 Å². The van der Waals surface area contributed by atoms with Crippen molar-refractivity contribution in [3.05, 3.63) is 59.0 Å².